The van der Waals surface area contributed by atoms with Crippen molar-refractivity contribution in [3.05, 3.63) is 52.9 Å². The van der Waals surface area contributed by atoms with E-state index in [1.807, 2.05) is 17.9 Å². The van der Waals surface area contributed by atoms with E-state index < -0.39 is 0 Å². The first-order chi connectivity index (χ1) is 11.7. The zero-order chi connectivity index (χ0) is 16.5. The Bertz CT molecular complexity index is 734. The summed E-state index contributed by atoms with van der Waals surface area (Å²) in [6.07, 6.45) is 3.02. The summed E-state index contributed by atoms with van der Waals surface area (Å²) in [4.78, 5) is 17.3. The van der Waals surface area contributed by atoms with E-state index >= 15 is 0 Å². The van der Waals surface area contributed by atoms with Crippen molar-refractivity contribution in [1.29, 1.82) is 0 Å². The standard InChI is InChI=1S/C19H23N3O2/c1-14-10-17(24-20-14)13-22-12-16-7-3-2-6-15(16)11-18(22)19(23)21-8-4-5-9-21/h2-3,6-7,10,18H,4-5,8-9,11-13H2,1H3/t18-/m0/s1. The van der Waals surface area contributed by atoms with E-state index in [9.17, 15) is 4.79 Å². The summed E-state index contributed by atoms with van der Waals surface area (Å²) in [6.45, 7) is 5.11. The third-order valence-corrected chi connectivity index (χ3v) is 5.08. The predicted molar refractivity (Wildman–Crippen MR) is 90.2 cm³/mol. The molecule has 0 unspecified atom stereocenters. The van der Waals surface area contributed by atoms with Crippen molar-refractivity contribution in [2.24, 2.45) is 0 Å². The molecule has 3 heterocycles. The van der Waals surface area contributed by atoms with Crippen molar-refractivity contribution in [3.8, 4) is 0 Å². The highest BCUT2D eigenvalue weighted by Crippen LogP contribution is 2.27. The normalized spacial score (nSPS) is 21.0. The van der Waals surface area contributed by atoms with Crippen LogP contribution >= 0.6 is 0 Å². The lowest BCUT2D eigenvalue weighted by molar-refractivity contribution is -0.137. The number of hydrogen-bond donors (Lipinski definition) is 0. The second-order valence-electron chi connectivity index (χ2n) is 6.86. The van der Waals surface area contributed by atoms with Crippen molar-refractivity contribution in [2.75, 3.05) is 13.1 Å². The summed E-state index contributed by atoms with van der Waals surface area (Å²) in [6, 6.07) is 10.3. The van der Waals surface area contributed by atoms with Crippen LogP contribution in [0.3, 0.4) is 0 Å². The first-order valence-electron chi connectivity index (χ1n) is 8.72. The molecule has 4 rings (SSSR count). The summed E-state index contributed by atoms with van der Waals surface area (Å²) in [5.41, 5.74) is 3.48. The fraction of sp³-hybridized carbons (Fsp3) is 0.474. The fourth-order valence-electron chi connectivity index (χ4n) is 3.83. The Morgan fingerprint density at radius 2 is 2.00 bits per heavy atom. The molecule has 24 heavy (non-hydrogen) atoms. The summed E-state index contributed by atoms with van der Waals surface area (Å²) in [5.74, 6) is 1.09. The maximum absolute atomic E-state index is 13.1. The van der Waals surface area contributed by atoms with Gasteiger partial charge in [-0.15, -0.1) is 0 Å². The first-order valence-corrected chi connectivity index (χ1v) is 8.72. The van der Waals surface area contributed by atoms with Crippen LogP contribution in [0, 0.1) is 6.92 Å². The van der Waals surface area contributed by atoms with Gasteiger partial charge in [-0.25, -0.2) is 0 Å². The van der Waals surface area contributed by atoms with Crippen molar-refractivity contribution >= 4 is 5.91 Å². The van der Waals surface area contributed by atoms with Gasteiger partial charge in [-0.1, -0.05) is 29.4 Å². The van der Waals surface area contributed by atoms with Gasteiger partial charge >= 0.3 is 0 Å². The molecule has 2 aliphatic rings. The first kappa shape index (κ1) is 15.4. The molecule has 0 bridgehead atoms. The number of rotatable bonds is 3. The molecule has 0 aliphatic carbocycles. The molecule has 1 amide bonds. The van der Waals surface area contributed by atoms with Gasteiger partial charge in [-0.05, 0) is 37.3 Å². The molecular weight excluding hydrogens is 302 g/mol. The Morgan fingerprint density at radius 3 is 2.71 bits per heavy atom. The monoisotopic (exact) mass is 325 g/mol. The van der Waals surface area contributed by atoms with Crippen LogP contribution in [0.1, 0.15) is 35.4 Å². The van der Waals surface area contributed by atoms with E-state index in [1.165, 1.54) is 11.1 Å². The Balaban J connectivity index is 1.60. The SMILES string of the molecule is Cc1cc(CN2Cc3ccccc3C[C@H]2C(=O)N2CCCC2)on1. The minimum absolute atomic E-state index is 0.108. The number of amides is 1. The van der Waals surface area contributed by atoms with E-state index in [0.29, 0.717) is 6.54 Å². The summed E-state index contributed by atoms with van der Waals surface area (Å²) >= 11 is 0. The third-order valence-electron chi connectivity index (χ3n) is 5.08. The van der Waals surface area contributed by atoms with Gasteiger partial charge in [0.05, 0.1) is 18.3 Å². The minimum atomic E-state index is -0.108. The fourth-order valence-corrected chi connectivity index (χ4v) is 3.83. The zero-order valence-corrected chi connectivity index (χ0v) is 14.1. The van der Waals surface area contributed by atoms with Crippen LogP contribution < -0.4 is 0 Å². The summed E-state index contributed by atoms with van der Waals surface area (Å²) in [7, 11) is 0. The number of aryl methyl sites for hydroxylation is 1. The molecule has 5 heteroatoms. The van der Waals surface area contributed by atoms with Gasteiger partial charge in [0.25, 0.3) is 0 Å². The Labute approximate surface area is 142 Å². The molecule has 0 radical (unpaired) electrons. The number of aromatic nitrogens is 1. The topological polar surface area (TPSA) is 49.6 Å². The predicted octanol–water partition coefficient (Wildman–Crippen LogP) is 2.53. The maximum Gasteiger partial charge on any atom is 0.240 e. The molecule has 0 saturated carbocycles. The van der Waals surface area contributed by atoms with Gasteiger partial charge in [0, 0.05) is 25.7 Å². The molecule has 2 aliphatic heterocycles. The van der Waals surface area contributed by atoms with E-state index in [-0.39, 0.29) is 11.9 Å². The third kappa shape index (κ3) is 2.96. The summed E-state index contributed by atoms with van der Waals surface area (Å²) in [5, 5.41) is 3.98. The number of fused-ring (bicyclic) bond motifs is 1. The lowest BCUT2D eigenvalue weighted by atomic mass is 9.93. The lowest BCUT2D eigenvalue weighted by Gasteiger charge is -2.37. The van der Waals surface area contributed by atoms with Gasteiger partial charge in [0.2, 0.25) is 5.91 Å². The average Bonchev–Trinajstić information content (AvgIpc) is 3.25. The van der Waals surface area contributed by atoms with Crippen molar-refractivity contribution < 1.29 is 9.32 Å². The molecule has 1 atom stereocenters. The van der Waals surface area contributed by atoms with Gasteiger partial charge in [0.1, 0.15) is 0 Å². The molecule has 126 valence electrons. The van der Waals surface area contributed by atoms with Crippen LogP contribution in [0.25, 0.3) is 0 Å². The van der Waals surface area contributed by atoms with Crippen LogP contribution in [-0.2, 0) is 24.3 Å². The van der Waals surface area contributed by atoms with Crippen LogP contribution in [0.2, 0.25) is 0 Å². The van der Waals surface area contributed by atoms with Crippen LogP contribution in [0.4, 0.5) is 0 Å². The largest absolute Gasteiger partial charge is 0.360 e. The maximum atomic E-state index is 13.1. The zero-order valence-electron chi connectivity index (χ0n) is 14.1. The highest BCUT2D eigenvalue weighted by molar-refractivity contribution is 5.82. The molecule has 0 N–H and O–H groups in total. The Morgan fingerprint density at radius 1 is 1.25 bits per heavy atom. The number of carbonyl (C=O) groups excluding carboxylic acids is 1. The molecule has 1 aromatic heterocycles. The van der Waals surface area contributed by atoms with Gasteiger partial charge in [-0.3, -0.25) is 9.69 Å². The van der Waals surface area contributed by atoms with E-state index in [4.69, 9.17) is 4.52 Å². The van der Waals surface area contributed by atoms with Gasteiger partial charge in [-0.2, -0.15) is 0 Å². The average molecular weight is 325 g/mol. The highest BCUT2D eigenvalue weighted by Gasteiger charge is 2.35. The number of benzene rings is 1. The molecule has 5 nitrogen and oxygen atoms in total. The molecule has 0 spiro atoms. The van der Waals surface area contributed by atoms with Crippen LogP contribution in [0.15, 0.2) is 34.9 Å². The number of carbonyl (C=O) groups is 1. The molecule has 1 fully saturated rings. The minimum Gasteiger partial charge on any atom is -0.360 e. The van der Waals surface area contributed by atoms with Gasteiger partial charge < -0.3 is 9.42 Å². The van der Waals surface area contributed by atoms with E-state index in [1.54, 1.807) is 0 Å². The summed E-state index contributed by atoms with van der Waals surface area (Å²) < 4.78 is 5.39. The Kier molecular flexibility index (Phi) is 4.10. The van der Waals surface area contributed by atoms with Crippen LogP contribution in [-0.4, -0.2) is 40.0 Å². The Hall–Kier alpha value is -2.14. The van der Waals surface area contributed by atoms with Gasteiger partial charge in [0.15, 0.2) is 5.76 Å². The number of nitrogens with zero attached hydrogens (tertiary/aromatic N) is 3. The van der Waals surface area contributed by atoms with Crippen LogP contribution in [0.5, 0.6) is 0 Å². The second kappa shape index (κ2) is 6.40. The quantitative estimate of drug-likeness (QED) is 0.870. The molecular formula is C19H23N3O2. The van der Waals surface area contributed by atoms with E-state index in [0.717, 1.165) is 50.4 Å². The number of hydrogen-bond acceptors (Lipinski definition) is 4. The second-order valence-corrected chi connectivity index (χ2v) is 6.86. The van der Waals surface area contributed by atoms with E-state index in [2.05, 4.69) is 34.3 Å². The van der Waals surface area contributed by atoms with Crippen molar-refractivity contribution in [1.82, 2.24) is 15.0 Å². The number of likely N-dealkylation sites (tertiary alicyclic amines) is 1. The highest BCUT2D eigenvalue weighted by atomic mass is 16.5. The molecule has 1 saturated heterocycles. The van der Waals surface area contributed by atoms with Crippen molar-refractivity contribution in [2.45, 2.75) is 45.3 Å². The molecule has 1 aromatic carbocycles. The molecule has 2 aromatic rings. The van der Waals surface area contributed by atoms with Crippen molar-refractivity contribution in [3.63, 3.8) is 0 Å². The lowest BCUT2D eigenvalue weighted by Crippen LogP contribution is -2.50. The smallest absolute Gasteiger partial charge is 0.240 e.